The van der Waals surface area contributed by atoms with E-state index in [9.17, 15) is 26.8 Å². The van der Waals surface area contributed by atoms with Gasteiger partial charge in [0.1, 0.15) is 0 Å². The molecular formula is C17H22F2N2O5S. The molecule has 7 nitrogen and oxygen atoms in total. The van der Waals surface area contributed by atoms with Crippen LogP contribution in [0, 0.1) is 11.6 Å². The maximum absolute atomic E-state index is 13.1. The predicted molar refractivity (Wildman–Crippen MR) is 92.1 cm³/mol. The first-order valence-corrected chi connectivity index (χ1v) is 10.2. The minimum atomic E-state index is -4.09. The van der Waals surface area contributed by atoms with Gasteiger partial charge in [0.15, 0.2) is 18.2 Å². The van der Waals surface area contributed by atoms with Crippen LogP contribution in [0.3, 0.4) is 0 Å². The van der Waals surface area contributed by atoms with Crippen molar-refractivity contribution < 1.29 is 31.5 Å². The highest BCUT2D eigenvalue weighted by Gasteiger charge is 2.18. The first kappa shape index (κ1) is 21.2. The zero-order valence-corrected chi connectivity index (χ0v) is 15.5. The maximum Gasteiger partial charge on any atom is 0.307 e. The first-order valence-electron chi connectivity index (χ1n) is 8.67. The Balaban J connectivity index is 1.70. The van der Waals surface area contributed by atoms with Gasteiger partial charge < -0.3 is 10.1 Å². The molecule has 27 heavy (non-hydrogen) atoms. The van der Waals surface area contributed by atoms with Crippen LogP contribution in [0.1, 0.15) is 38.5 Å². The van der Waals surface area contributed by atoms with E-state index in [0.717, 1.165) is 38.2 Å². The van der Waals surface area contributed by atoms with Crippen molar-refractivity contribution in [1.82, 2.24) is 10.0 Å². The van der Waals surface area contributed by atoms with Crippen LogP contribution in [0.25, 0.3) is 0 Å². The van der Waals surface area contributed by atoms with Gasteiger partial charge in [-0.05, 0) is 31.0 Å². The topological polar surface area (TPSA) is 102 Å². The fraction of sp³-hybridized carbons (Fsp3) is 0.529. The molecule has 2 rings (SSSR count). The Morgan fingerprint density at radius 3 is 2.48 bits per heavy atom. The highest BCUT2D eigenvalue weighted by atomic mass is 32.2. The third-order valence-electron chi connectivity index (χ3n) is 4.16. The molecule has 0 bridgehead atoms. The number of hydrogen-bond donors (Lipinski definition) is 2. The van der Waals surface area contributed by atoms with Crippen LogP contribution in [0.2, 0.25) is 0 Å². The normalized spacial score (nSPS) is 15.3. The van der Waals surface area contributed by atoms with E-state index in [4.69, 9.17) is 4.74 Å². The molecule has 1 aromatic carbocycles. The van der Waals surface area contributed by atoms with Crippen LogP contribution >= 0.6 is 0 Å². The smallest absolute Gasteiger partial charge is 0.307 e. The van der Waals surface area contributed by atoms with E-state index in [2.05, 4.69) is 10.0 Å². The fourth-order valence-corrected chi connectivity index (χ4v) is 3.79. The van der Waals surface area contributed by atoms with Crippen molar-refractivity contribution in [2.75, 3.05) is 13.2 Å². The lowest BCUT2D eigenvalue weighted by Gasteiger charge is -2.22. The SMILES string of the molecule is O=C(COC(=O)CCNS(=O)(=O)c1ccc(F)c(F)c1)NC1CCCCC1. The summed E-state index contributed by atoms with van der Waals surface area (Å²) >= 11 is 0. The molecule has 1 fully saturated rings. The van der Waals surface area contributed by atoms with Crippen LogP contribution in [-0.2, 0) is 24.3 Å². The van der Waals surface area contributed by atoms with Crippen LogP contribution in [0.5, 0.6) is 0 Å². The summed E-state index contributed by atoms with van der Waals surface area (Å²) in [5, 5.41) is 2.79. The Hall–Kier alpha value is -2.07. The zero-order valence-electron chi connectivity index (χ0n) is 14.7. The van der Waals surface area contributed by atoms with E-state index in [0.29, 0.717) is 12.1 Å². The largest absolute Gasteiger partial charge is 0.456 e. The Morgan fingerprint density at radius 1 is 1.11 bits per heavy atom. The number of rotatable bonds is 8. The summed E-state index contributed by atoms with van der Waals surface area (Å²) in [4.78, 5) is 22.9. The number of benzene rings is 1. The number of sulfonamides is 1. The molecule has 2 N–H and O–H groups in total. The van der Waals surface area contributed by atoms with Crippen molar-refractivity contribution in [3.05, 3.63) is 29.8 Å². The van der Waals surface area contributed by atoms with Crippen molar-refractivity contribution in [2.24, 2.45) is 0 Å². The van der Waals surface area contributed by atoms with E-state index in [1.165, 1.54) is 0 Å². The van der Waals surface area contributed by atoms with Gasteiger partial charge in [-0.25, -0.2) is 21.9 Å². The van der Waals surface area contributed by atoms with Gasteiger partial charge in [-0.1, -0.05) is 19.3 Å². The molecule has 0 aromatic heterocycles. The summed E-state index contributed by atoms with van der Waals surface area (Å²) in [7, 11) is -4.09. The van der Waals surface area contributed by atoms with E-state index in [1.807, 2.05) is 0 Å². The van der Waals surface area contributed by atoms with Crippen LogP contribution < -0.4 is 10.0 Å². The summed E-state index contributed by atoms with van der Waals surface area (Å²) in [6.07, 6.45) is 4.78. The molecule has 0 saturated heterocycles. The van der Waals surface area contributed by atoms with Crippen molar-refractivity contribution in [1.29, 1.82) is 0 Å². The van der Waals surface area contributed by atoms with E-state index in [-0.39, 0.29) is 19.0 Å². The summed E-state index contributed by atoms with van der Waals surface area (Å²) in [6, 6.07) is 2.26. The van der Waals surface area contributed by atoms with Gasteiger partial charge in [0, 0.05) is 12.6 Å². The lowest BCUT2D eigenvalue weighted by molar-refractivity contribution is -0.148. The van der Waals surface area contributed by atoms with Crippen molar-refractivity contribution >= 4 is 21.9 Å². The first-order chi connectivity index (χ1) is 12.8. The molecule has 1 aliphatic rings. The summed E-state index contributed by atoms with van der Waals surface area (Å²) in [5.74, 6) is -3.59. The Labute approximate surface area is 156 Å². The van der Waals surface area contributed by atoms with Gasteiger partial charge in [0.05, 0.1) is 11.3 Å². The lowest BCUT2D eigenvalue weighted by Crippen LogP contribution is -2.38. The van der Waals surface area contributed by atoms with Gasteiger partial charge in [0.25, 0.3) is 5.91 Å². The van der Waals surface area contributed by atoms with E-state index >= 15 is 0 Å². The Kier molecular flexibility index (Phi) is 7.66. The Bertz CT molecular complexity index is 780. The van der Waals surface area contributed by atoms with Gasteiger partial charge >= 0.3 is 5.97 Å². The van der Waals surface area contributed by atoms with Gasteiger partial charge in [-0.15, -0.1) is 0 Å². The van der Waals surface area contributed by atoms with Gasteiger partial charge in [-0.2, -0.15) is 0 Å². The second-order valence-corrected chi connectivity index (χ2v) is 8.05. The number of carbonyl (C=O) groups excluding carboxylic acids is 2. The minimum absolute atomic E-state index is 0.105. The average Bonchev–Trinajstić information content (AvgIpc) is 2.63. The highest BCUT2D eigenvalue weighted by molar-refractivity contribution is 7.89. The molecule has 1 aromatic rings. The van der Waals surface area contributed by atoms with Crippen LogP contribution in [0.4, 0.5) is 8.78 Å². The number of esters is 1. The van der Waals surface area contributed by atoms with Crippen LogP contribution in [-0.4, -0.2) is 39.5 Å². The molecule has 150 valence electrons. The number of nitrogens with one attached hydrogen (secondary N) is 2. The monoisotopic (exact) mass is 404 g/mol. The molecule has 1 saturated carbocycles. The minimum Gasteiger partial charge on any atom is -0.456 e. The van der Waals surface area contributed by atoms with Crippen molar-refractivity contribution in [3.63, 3.8) is 0 Å². The quantitative estimate of drug-likeness (QED) is 0.641. The molecule has 1 amide bonds. The molecule has 1 aliphatic carbocycles. The van der Waals surface area contributed by atoms with Crippen molar-refractivity contribution in [3.8, 4) is 0 Å². The highest BCUT2D eigenvalue weighted by Crippen LogP contribution is 2.17. The van der Waals surface area contributed by atoms with Gasteiger partial charge in [0.2, 0.25) is 10.0 Å². The molecule has 10 heteroatoms. The summed E-state index contributed by atoms with van der Waals surface area (Å²) in [5.41, 5.74) is 0. The van der Waals surface area contributed by atoms with E-state index in [1.54, 1.807) is 0 Å². The molecule has 0 radical (unpaired) electrons. The second kappa shape index (κ2) is 9.75. The van der Waals surface area contributed by atoms with E-state index < -0.39 is 45.0 Å². The number of halogens is 2. The second-order valence-electron chi connectivity index (χ2n) is 6.29. The van der Waals surface area contributed by atoms with Gasteiger partial charge in [-0.3, -0.25) is 9.59 Å². The molecular weight excluding hydrogens is 382 g/mol. The number of ether oxygens (including phenoxy) is 1. The van der Waals surface area contributed by atoms with Crippen molar-refractivity contribution in [2.45, 2.75) is 49.5 Å². The predicted octanol–water partition coefficient (Wildman–Crippen LogP) is 1.63. The maximum atomic E-state index is 13.1. The third-order valence-corrected chi connectivity index (χ3v) is 5.62. The van der Waals surface area contributed by atoms with Crippen LogP contribution in [0.15, 0.2) is 23.1 Å². The number of amides is 1. The summed E-state index contributed by atoms with van der Waals surface area (Å²) < 4.78 is 56.8. The number of carbonyl (C=O) groups is 2. The third kappa shape index (κ3) is 6.87. The number of hydrogen-bond acceptors (Lipinski definition) is 5. The molecule has 0 unspecified atom stereocenters. The lowest BCUT2D eigenvalue weighted by atomic mass is 9.95. The average molecular weight is 404 g/mol. The summed E-state index contributed by atoms with van der Waals surface area (Å²) in [6.45, 7) is -0.727. The molecule has 0 atom stereocenters. The Morgan fingerprint density at radius 2 is 1.81 bits per heavy atom. The molecule has 0 spiro atoms. The zero-order chi connectivity index (χ0) is 19.9. The standard InChI is InChI=1S/C17H22F2N2O5S/c18-14-7-6-13(10-15(14)19)27(24,25)20-9-8-17(23)26-11-16(22)21-12-4-2-1-3-5-12/h6-7,10,12,20H,1-5,8-9,11H2,(H,21,22). The molecule has 0 aliphatic heterocycles. The molecule has 0 heterocycles. The fourth-order valence-electron chi connectivity index (χ4n) is 2.75.